The quantitative estimate of drug-likeness (QED) is 0.803. The molecule has 0 saturated carbocycles. The van der Waals surface area contributed by atoms with Gasteiger partial charge in [0.25, 0.3) is 0 Å². The van der Waals surface area contributed by atoms with Gasteiger partial charge in [-0.25, -0.2) is 4.99 Å². The van der Waals surface area contributed by atoms with E-state index in [-0.39, 0.29) is 5.91 Å². The molecule has 5 nitrogen and oxygen atoms in total. The average Bonchev–Trinajstić information content (AvgIpc) is 2.95. The zero-order valence-corrected chi connectivity index (χ0v) is 14.2. The second-order valence-corrected chi connectivity index (χ2v) is 6.05. The van der Waals surface area contributed by atoms with Crippen LogP contribution in [0.15, 0.2) is 59.6 Å². The van der Waals surface area contributed by atoms with Crippen molar-refractivity contribution in [2.45, 2.75) is 0 Å². The van der Waals surface area contributed by atoms with Crippen molar-refractivity contribution in [2.75, 3.05) is 26.0 Å². The molecule has 124 valence electrons. The number of hydrogen-bond acceptors (Lipinski definition) is 5. The summed E-state index contributed by atoms with van der Waals surface area (Å²) in [6.07, 6.45) is 0. The van der Waals surface area contributed by atoms with Crippen LogP contribution < -0.4 is 4.74 Å². The highest BCUT2D eigenvalue weighted by atomic mass is 32.2. The molecule has 1 fully saturated rings. The SMILES string of the molecule is COCCN1C(=O)CSC1=Nc1ccccc1Oc1ccccc1. The molecule has 1 aliphatic rings. The van der Waals surface area contributed by atoms with Crippen LogP contribution in [0.4, 0.5) is 5.69 Å². The summed E-state index contributed by atoms with van der Waals surface area (Å²) in [6.45, 7) is 0.982. The van der Waals surface area contributed by atoms with Crippen LogP contribution in [0.3, 0.4) is 0 Å². The number of ether oxygens (including phenoxy) is 2. The van der Waals surface area contributed by atoms with Gasteiger partial charge in [0, 0.05) is 7.11 Å². The Morgan fingerprint density at radius 1 is 1.12 bits per heavy atom. The maximum atomic E-state index is 12.0. The van der Waals surface area contributed by atoms with Crippen LogP contribution in [-0.2, 0) is 9.53 Å². The fraction of sp³-hybridized carbons (Fsp3) is 0.222. The molecule has 0 aliphatic carbocycles. The van der Waals surface area contributed by atoms with Crippen LogP contribution in [0.1, 0.15) is 0 Å². The number of carbonyl (C=O) groups excluding carboxylic acids is 1. The van der Waals surface area contributed by atoms with Gasteiger partial charge < -0.3 is 9.47 Å². The number of amidine groups is 1. The highest BCUT2D eigenvalue weighted by Gasteiger charge is 2.28. The summed E-state index contributed by atoms with van der Waals surface area (Å²) in [7, 11) is 1.62. The van der Waals surface area contributed by atoms with Crippen molar-refractivity contribution in [3.8, 4) is 11.5 Å². The molecule has 0 bridgehead atoms. The van der Waals surface area contributed by atoms with Crippen LogP contribution in [-0.4, -0.2) is 42.0 Å². The number of carbonyl (C=O) groups is 1. The van der Waals surface area contributed by atoms with Gasteiger partial charge in [0.15, 0.2) is 10.9 Å². The number of aliphatic imine (C=N–C) groups is 1. The molecular weight excluding hydrogens is 324 g/mol. The van der Waals surface area contributed by atoms with Gasteiger partial charge in [0.2, 0.25) is 5.91 Å². The van der Waals surface area contributed by atoms with Crippen molar-refractivity contribution in [2.24, 2.45) is 4.99 Å². The van der Waals surface area contributed by atoms with E-state index in [2.05, 4.69) is 4.99 Å². The Morgan fingerprint density at radius 2 is 1.88 bits per heavy atom. The Balaban J connectivity index is 1.85. The lowest BCUT2D eigenvalue weighted by molar-refractivity contribution is -0.124. The Morgan fingerprint density at radius 3 is 2.67 bits per heavy atom. The van der Waals surface area contributed by atoms with E-state index in [1.807, 2.05) is 54.6 Å². The van der Waals surface area contributed by atoms with Gasteiger partial charge in [0.1, 0.15) is 11.4 Å². The van der Waals surface area contributed by atoms with E-state index in [1.165, 1.54) is 11.8 Å². The molecule has 6 heteroatoms. The van der Waals surface area contributed by atoms with Crippen LogP contribution in [0.5, 0.6) is 11.5 Å². The standard InChI is InChI=1S/C18H18N2O3S/c1-22-12-11-20-17(21)13-24-18(20)19-15-9-5-6-10-16(15)23-14-7-3-2-4-8-14/h2-10H,11-13H2,1H3. The van der Waals surface area contributed by atoms with Gasteiger partial charge in [-0.05, 0) is 24.3 Å². The first-order chi connectivity index (χ1) is 11.8. The number of para-hydroxylation sites is 3. The van der Waals surface area contributed by atoms with Gasteiger partial charge in [0.05, 0.1) is 18.9 Å². The van der Waals surface area contributed by atoms with Gasteiger partial charge in [-0.15, -0.1) is 0 Å². The van der Waals surface area contributed by atoms with E-state index in [0.29, 0.717) is 35.5 Å². The Bertz CT molecular complexity index is 734. The van der Waals surface area contributed by atoms with Gasteiger partial charge in [-0.1, -0.05) is 42.1 Å². The average molecular weight is 342 g/mol. The van der Waals surface area contributed by atoms with Crippen LogP contribution in [0, 0.1) is 0 Å². The summed E-state index contributed by atoms with van der Waals surface area (Å²) < 4.78 is 11.0. The molecule has 2 aromatic carbocycles. The Kier molecular flexibility index (Phi) is 5.51. The van der Waals surface area contributed by atoms with E-state index < -0.39 is 0 Å². The number of benzene rings is 2. The minimum Gasteiger partial charge on any atom is -0.455 e. The molecular formula is C18H18N2O3S. The molecule has 1 saturated heterocycles. The molecule has 1 heterocycles. The highest BCUT2D eigenvalue weighted by Crippen LogP contribution is 2.33. The number of rotatable bonds is 6. The second-order valence-electron chi connectivity index (χ2n) is 5.10. The predicted molar refractivity (Wildman–Crippen MR) is 96.1 cm³/mol. The van der Waals surface area contributed by atoms with Crippen molar-refractivity contribution in [3.63, 3.8) is 0 Å². The molecule has 1 amide bonds. The lowest BCUT2D eigenvalue weighted by Crippen LogP contribution is -2.32. The first-order valence-electron chi connectivity index (χ1n) is 7.60. The van der Waals surface area contributed by atoms with E-state index in [4.69, 9.17) is 9.47 Å². The zero-order chi connectivity index (χ0) is 16.8. The van der Waals surface area contributed by atoms with Crippen LogP contribution >= 0.6 is 11.8 Å². The first kappa shape index (κ1) is 16.5. The number of amides is 1. The molecule has 0 N–H and O–H groups in total. The summed E-state index contributed by atoms with van der Waals surface area (Å²) >= 11 is 1.43. The molecule has 0 unspecified atom stereocenters. The molecule has 0 radical (unpaired) electrons. The zero-order valence-electron chi connectivity index (χ0n) is 13.3. The molecule has 2 aromatic rings. The Labute approximate surface area is 145 Å². The number of thioether (sulfide) groups is 1. The van der Waals surface area contributed by atoms with Crippen molar-refractivity contribution >= 4 is 28.5 Å². The maximum Gasteiger partial charge on any atom is 0.239 e. The van der Waals surface area contributed by atoms with E-state index in [0.717, 1.165) is 5.75 Å². The summed E-state index contributed by atoms with van der Waals surface area (Å²) in [4.78, 5) is 18.3. The first-order valence-corrected chi connectivity index (χ1v) is 8.59. The summed E-state index contributed by atoms with van der Waals surface area (Å²) in [5.74, 6) is 1.86. The largest absolute Gasteiger partial charge is 0.455 e. The van der Waals surface area contributed by atoms with Crippen LogP contribution in [0.25, 0.3) is 0 Å². The number of methoxy groups -OCH3 is 1. The molecule has 3 rings (SSSR count). The van der Waals surface area contributed by atoms with Crippen molar-refractivity contribution in [1.29, 1.82) is 0 Å². The third-order valence-corrected chi connectivity index (χ3v) is 4.39. The van der Waals surface area contributed by atoms with Crippen molar-refractivity contribution < 1.29 is 14.3 Å². The third kappa shape index (κ3) is 3.96. The van der Waals surface area contributed by atoms with E-state index >= 15 is 0 Å². The van der Waals surface area contributed by atoms with Gasteiger partial charge >= 0.3 is 0 Å². The summed E-state index contributed by atoms with van der Waals surface area (Å²) in [5, 5.41) is 0.682. The molecule has 1 aliphatic heterocycles. The minimum atomic E-state index is 0.0530. The predicted octanol–water partition coefficient (Wildman–Crippen LogP) is 3.69. The van der Waals surface area contributed by atoms with E-state index in [9.17, 15) is 4.79 Å². The van der Waals surface area contributed by atoms with E-state index in [1.54, 1.807) is 12.0 Å². The topological polar surface area (TPSA) is 51.1 Å². The Hall–Kier alpha value is -2.31. The van der Waals surface area contributed by atoms with Gasteiger partial charge in [-0.2, -0.15) is 0 Å². The normalized spacial score (nSPS) is 16.0. The fourth-order valence-corrected chi connectivity index (χ4v) is 3.16. The molecule has 24 heavy (non-hydrogen) atoms. The fourth-order valence-electron chi connectivity index (χ4n) is 2.24. The molecule has 0 atom stereocenters. The third-order valence-electron chi connectivity index (χ3n) is 3.43. The van der Waals surface area contributed by atoms with Gasteiger partial charge in [-0.3, -0.25) is 9.69 Å². The number of nitrogens with zero attached hydrogens (tertiary/aromatic N) is 2. The lowest BCUT2D eigenvalue weighted by atomic mass is 10.3. The lowest BCUT2D eigenvalue weighted by Gasteiger charge is -2.16. The van der Waals surface area contributed by atoms with Crippen molar-refractivity contribution in [1.82, 2.24) is 4.90 Å². The summed E-state index contributed by atoms with van der Waals surface area (Å²) in [5.41, 5.74) is 0.695. The maximum absolute atomic E-state index is 12.0. The molecule has 0 spiro atoms. The highest BCUT2D eigenvalue weighted by molar-refractivity contribution is 8.15. The smallest absolute Gasteiger partial charge is 0.239 e. The second kappa shape index (κ2) is 7.99. The minimum absolute atomic E-state index is 0.0530. The summed E-state index contributed by atoms with van der Waals surface area (Å²) in [6, 6.07) is 17.1. The van der Waals surface area contributed by atoms with Crippen LogP contribution in [0.2, 0.25) is 0 Å². The monoisotopic (exact) mass is 342 g/mol. The van der Waals surface area contributed by atoms with Crippen molar-refractivity contribution in [3.05, 3.63) is 54.6 Å². The number of hydrogen-bond donors (Lipinski definition) is 0. The molecule has 0 aromatic heterocycles.